The zero-order valence-corrected chi connectivity index (χ0v) is 13.1. The van der Waals surface area contributed by atoms with Crippen molar-refractivity contribution in [3.63, 3.8) is 0 Å². The van der Waals surface area contributed by atoms with Crippen LogP contribution in [-0.2, 0) is 10.0 Å². The lowest BCUT2D eigenvalue weighted by atomic mass is 9.79. The molecule has 1 aliphatic carbocycles. The highest BCUT2D eigenvalue weighted by atomic mass is 35.5. The van der Waals surface area contributed by atoms with Crippen molar-refractivity contribution < 1.29 is 12.8 Å². The Balaban J connectivity index is 1.84. The van der Waals surface area contributed by atoms with Gasteiger partial charge >= 0.3 is 0 Å². The van der Waals surface area contributed by atoms with Crippen molar-refractivity contribution in [1.29, 1.82) is 0 Å². The molecule has 0 bridgehead atoms. The van der Waals surface area contributed by atoms with Gasteiger partial charge in [0.05, 0.1) is 9.92 Å². The van der Waals surface area contributed by atoms with E-state index in [9.17, 15) is 12.8 Å². The fourth-order valence-electron chi connectivity index (χ4n) is 3.41. The SMILES string of the molecule is NC1CC[C@@H]2CN(S(=O)(=O)c3ccc(F)c(Cl)c3)C[C@@H]2C1. The van der Waals surface area contributed by atoms with Crippen LogP contribution in [-0.4, -0.2) is 31.9 Å². The molecule has 0 radical (unpaired) electrons. The quantitative estimate of drug-likeness (QED) is 0.903. The Morgan fingerprint density at radius 2 is 1.95 bits per heavy atom. The molecule has 7 heteroatoms. The molecule has 2 N–H and O–H groups in total. The summed E-state index contributed by atoms with van der Waals surface area (Å²) < 4.78 is 40.0. The van der Waals surface area contributed by atoms with Gasteiger partial charge in [0.15, 0.2) is 0 Å². The molecule has 1 unspecified atom stereocenters. The van der Waals surface area contributed by atoms with Gasteiger partial charge in [-0.3, -0.25) is 0 Å². The van der Waals surface area contributed by atoms with E-state index in [1.165, 1.54) is 16.4 Å². The summed E-state index contributed by atoms with van der Waals surface area (Å²) in [5.41, 5.74) is 5.97. The molecule has 1 heterocycles. The van der Waals surface area contributed by atoms with E-state index in [4.69, 9.17) is 17.3 Å². The number of nitrogens with two attached hydrogens (primary N) is 1. The number of halogens is 2. The Labute approximate surface area is 129 Å². The number of nitrogens with zero attached hydrogens (tertiary/aromatic N) is 1. The Morgan fingerprint density at radius 1 is 1.24 bits per heavy atom. The van der Waals surface area contributed by atoms with Gasteiger partial charge in [-0.2, -0.15) is 4.31 Å². The van der Waals surface area contributed by atoms with Gasteiger partial charge in [-0.1, -0.05) is 11.6 Å². The van der Waals surface area contributed by atoms with E-state index >= 15 is 0 Å². The zero-order chi connectivity index (χ0) is 15.2. The maximum absolute atomic E-state index is 13.2. The van der Waals surface area contributed by atoms with Crippen LogP contribution in [0.15, 0.2) is 23.1 Å². The van der Waals surface area contributed by atoms with Crippen LogP contribution < -0.4 is 5.73 Å². The van der Waals surface area contributed by atoms with E-state index in [-0.39, 0.29) is 16.0 Å². The van der Waals surface area contributed by atoms with Crippen LogP contribution in [0.2, 0.25) is 5.02 Å². The normalized spacial score (nSPS) is 30.3. The van der Waals surface area contributed by atoms with Crippen LogP contribution >= 0.6 is 11.6 Å². The van der Waals surface area contributed by atoms with Gasteiger partial charge in [0.1, 0.15) is 5.82 Å². The average molecular weight is 333 g/mol. The van der Waals surface area contributed by atoms with Gasteiger partial charge < -0.3 is 5.73 Å². The molecule has 21 heavy (non-hydrogen) atoms. The molecule has 0 amide bonds. The Kier molecular flexibility index (Phi) is 3.98. The van der Waals surface area contributed by atoms with Gasteiger partial charge in [-0.25, -0.2) is 12.8 Å². The minimum atomic E-state index is -3.61. The average Bonchev–Trinajstić information content (AvgIpc) is 2.85. The minimum absolute atomic E-state index is 0.0526. The number of rotatable bonds is 2. The van der Waals surface area contributed by atoms with Gasteiger partial charge in [0, 0.05) is 19.1 Å². The molecule has 3 rings (SSSR count). The van der Waals surface area contributed by atoms with Gasteiger partial charge in [0.25, 0.3) is 0 Å². The van der Waals surface area contributed by atoms with E-state index in [0.29, 0.717) is 24.9 Å². The second-order valence-corrected chi connectivity index (χ2v) is 8.34. The van der Waals surface area contributed by atoms with Crippen molar-refractivity contribution in [2.75, 3.05) is 13.1 Å². The van der Waals surface area contributed by atoms with Crippen molar-refractivity contribution in [2.45, 2.75) is 30.2 Å². The molecular weight excluding hydrogens is 315 g/mol. The third-order valence-electron chi connectivity index (χ3n) is 4.59. The Bertz CT molecular complexity index is 652. The minimum Gasteiger partial charge on any atom is -0.328 e. The first-order chi connectivity index (χ1) is 9.88. The predicted molar refractivity (Wildman–Crippen MR) is 79.0 cm³/mol. The molecule has 0 aromatic heterocycles. The van der Waals surface area contributed by atoms with E-state index in [1.54, 1.807) is 0 Å². The van der Waals surface area contributed by atoms with Gasteiger partial charge in [-0.05, 0) is 49.3 Å². The third-order valence-corrected chi connectivity index (χ3v) is 6.70. The fourth-order valence-corrected chi connectivity index (χ4v) is 5.23. The summed E-state index contributed by atoms with van der Waals surface area (Å²) in [6, 6.07) is 3.72. The number of hydrogen-bond donors (Lipinski definition) is 1. The summed E-state index contributed by atoms with van der Waals surface area (Å²) in [6.07, 6.45) is 2.81. The molecule has 2 aliphatic rings. The molecular formula is C14H18ClFN2O2S. The number of sulfonamides is 1. The standard InChI is InChI=1S/C14H18ClFN2O2S/c15-13-6-12(3-4-14(13)16)21(19,20)18-7-9-1-2-11(17)5-10(9)8-18/h3-4,6,9-11H,1-2,5,7-8,17H2/t9-,10+,11?/m1/s1. The first-order valence-electron chi connectivity index (χ1n) is 7.08. The highest BCUT2D eigenvalue weighted by Crippen LogP contribution is 2.38. The summed E-state index contributed by atoms with van der Waals surface area (Å²) in [7, 11) is -3.61. The summed E-state index contributed by atoms with van der Waals surface area (Å²) in [6.45, 7) is 1.02. The van der Waals surface area contributed by atoms with E-state index in [1.807, 2.05) is 0 Å². The summed E-state index contributed by atoms with van der Waals surface area (Å²) in [5.74, 6) is 0.103. The van der Waals surface area contributed by atoms with Crippen LogP contribution in [0.1, 0.15) is 19.3 Å². The maximum atomic E-state index is 13.2. The number of fused-ring (bicyclic) bond motifs is 1. The molecule has 0 spiro atoms. The van der Waals surface area contributed by atoms with Crippen LogP contribution in [0.4, 0.5) is 4.39 Å². The fraction of sp³-hybridized carbons (Fsp3) is 0.571. The predicted octanol–water partition coefficient (Wildman–Crippen LogP) is 2.23. The van der Waals surface area contributed by atoms with Crippen molar-refractivity contribution in [2.24, 2.45) is 17.6 Å². The topological polar surface area (TPSA) is 63.4 Å². The van der Waals surface area contributed by atoms with Crippen molar-refractivity contribution in [3.05, 3.63) is 29.0 Å². The highest BCUT2D eigenvalue weighted by molar-refractivity contribution is 7.89. The van der Waals surface area contributed by atoms with Crippen LogP contribution in [0.5, 0.6) is 0 Å². The second kappa shape index (κ2) is 5.50. The lowest BCUT2D eigenvalue weighted by Gasteiger charge is -2.28. The molecule has 1 aliphatic heterocycles. The summed E-state index contributed by atoms with van der Waals surface area (Å²) in [4.78, 5) is 0.0526. The smallest absolute Gasteiger partial charge is 0.243 e. The molecule has 3 atom stereocenters. The Hall–Kier alpha value is -0.690. The number of benzene rings is 1. The number of hydrogen-bond acceptors (Lipinski definition) is 3. The molecule has 1 aromatic carbocycles. The second-order valence-electron chi connectivity index (χ2n) is 5.99. The molecule has 1 saturated heterocycles. The molecule has 2 fully saturated rings. The van der Waals surface area contributed by atoms with Crippen molar-refractivity contribution in [1.82, 2.24) is 4.31 Å². The third kappa shape index (κ3) is 2.82. The zero-order valence-electron chi connectivity index (χ0n) is 11.5. The summed E-state index contributed by atoms with van der Waals surface area (Å²) in [5, 5.41) is -0.172. The maximum Gasteiger partial charge on any atom is 0.243 e. The largest absolute Gasteiger partial charge is 0.328 e. The molecule has 4 nitrogen and oxygen atoms in total. The first kappa shape index (κ1) is 15.2. The molecule has 116 valence electrons. The monoisotopic (exact) mass is 332 g/mol. The van der Waals surface area contributed by atoms with E-state index < -0.39 is 15.8 Å². The summed E-state index contributed by atoms with van der Waals surface area (Å²) >= 11 is 5.69. The molecule has 1 saturated carbocycles. The van der Waals surface area contributed by atoms with E-state index in [0.717, 1.165) is 25.3 Å². The van der Waals surface area contributed by atoms with E-state index in [2.05, 4.69) is 0 Å². The van der Waals surface area contributed by atoms with Crippen molar-refractivity contribution in [3.8, 4) is 0 Å². The van der Waals surface area contributed by atoms with Crippen LogP contribution in [0.25, 0.3) is 0 Å². The van der Waals surface area contributed by atoms with Crippen molar-refractivity contribution >= 4 is 21.6 Å². The molecule has 1 aromatic rings. The Morgan fingerprint density at radius 3 is 2.67 bits per heavy atom. The highest BCUT2D eigenvalue weighted by Gasteiger charge is 2.41. The van der Waals surface area contributed by atoms with Gasteiger partial charge in [0.2, 0.25) is 10.0 Å². The van der Waals surface area contributed by atoms with Gasteiger partial charge in [-0.15, -0.1) is 0 Å². The first-order valence-corrected chi connectivity index (χ1v) is 8.90. The van der Waals surface area contributed by atoms with Crippen LogP contribution in [0, 0.1) is 17.7 Å². The lowest BCUT2D eigenvalue weighted by molar-refractivity contribution is 0.271. The lowest BCUT2D eigenvalue weighted by Crippen LogP contribution is -2.32. The van der Waals surface area contributed by atoms with Crippen LogP contribution in [0.3, 0.4) is 0 Å².